The zero-order chi connectivity index (χ0) is 18.3. The van der Waals surface area contributed by atoms with Crippen LogP contribution in [0, 0.1) is 0 Å². The smallest absolute Gasteiger partial charge is 0.331 e. The molecule has 0 spiro atoms. The van der Waals surface area contributed by atoms with Gasteiger partial charge in [0.25, 0.3) is 5.91 Å². The van der Waals surface area contributed by atoms with Crippen LogP contribution in [0.3, 0.4) is 0 Å². The third-order valence-electron chi connectivity index (χ3n) is 4.72. The Balaban J connectivity index is 1.74. The quantitative estimate of drug-likeness (QED) is 0.568. The molecule has 4 rings (SSSR count). The van der Waals surface area contributed by atoms with Crippen molar-refractivity contribution in [2.45, 2.75) is 24.9 Å². The van der Waals surface area contributed by atoms with E-state index in [9.17, 15) is 19.8 Å². The van der Waals surface area contributed by atoms with Crippen LogP contribution in [0.4, 0.5) is 4.79 Å². The molecule has 2 saturated heterocycles. The van der Waals surface area contributed by atoms with Crippen LogP contribution in [-0.4, -0.2) is 52.1 Å². The Bertz CT molecular complexity index is 904. The fraction of sp³-hybridized carbons (Fsp3) is 0.263. The van der Waals surface area contributed by atoms with E-state index in [-0.39, 0.29) is 18.7 Å². The van der Waals surface area contributed by atoms with Crippen LogP contribution >= 0.6 is 0 Å². The predicted molar refractivity (Wildman–Crippen MR) is 93.7 cm³/mol. The summed E-state index contributed by atoms with van der Waals surface area (Å²) >= 11 is 0. The van der Waals surface area contributed by atoms with E-state index in [1.807, 2.05) is 42.5 Å². The minimum absolute atomic E-state index is 0.124. The minimum atomic E-state index is -0.896. The number of carbonyl (C=O) groups is 2. The van der Waals surface area contributed by atoms with Gasteiger partial charge in [-0.2, -0.15) is 0 Å². The Hall–Kier alpha value is -2.74. The maximum Gasteiger partial charge on any atom is 0.331 e. The van der Waals surface area contributed by atoms with Crippen molar-refractivity contribution in [1.29, 1.82) is 0 Å². The number of fused-ring (bicyclic) bond motifs is 1. The molecule has 3 N–H and O–H groups in total. The molecule has 3 amide bonds. The lowest BCUT2D eigenvalue weighted by atomic mass is 10.0. The summed E-state index contributed by atoms with van der Waals surface area (Å²) in [6.07, 6.45) is -0.715. The zero-order valence-corrected chi connectivity index (χ0v) is 13.8. The first-order chi connectivity index (χ1) is 12.6. The second-order valence-corrected chi connectivity index (χ2v) is 6.34. The van der Waals surface area contributed by atoms with E-state index in [2.05, 4.69) is 5.32 Å². The fourth-order valence-corrected chi connectivity index (χ4v) is 3.42. The summed E-state index contributed by atoms with van der Waals surface area (Å²) in [6, 6.07) is 12.9. The number of imide groups is 1. The number of benzene rings is 2. The molecular formula is C19H18N2O5. The molecule has 2 heterocycles. The van der Waals surface area contributed by atoms with Gasteiger partial charge >= 0.3 is 6.03 Å². The number of rotatable bonds is 3. The molecule has 0 aromatic heterocycles. The number of hydrogen-bond acceptors (Lipinski definition) is 5. The van der Waals surface area contributed by atoms with Crippen molar-refractivity contribution in [3.8, 4) is 0 Å². The largest absolute Gasteiger partial charge is 0.394 e. The average Bonchev–Trinajstić information content (AvgIpc) is 3.14. The van der Waals surface area contributed by atoms with Crippen molar-refractivity contribution >= 4 is 28.8 Å². The highest BCUT2D eigenvalue weighted by Gasteiger charge is 2.45. The van der Waals surface area contributed by atoms with Crippen molar-refractivity contribution < 1.29 is 24.5 Å². The monoisotopic (exact) mass is 354 g/mol. The van der Waals surface area contributed by atoms with Gasteiger partial charge in [0, 0.05) is 6.42 Å². The molecule has 0 radical (unpaired) electrons. The number of aliphatic hydroxyl groups excluding tert-OH is 2. The number of ether oxygens (including phenoxy) is 1. The van der Waals surface area contributed by atoms with E-state index in [0.717, 1.165) is 16.3 Å². The number of hydrogen-bond donors (Lipinski definition) is 3. The molecule has 134 valence electrons. The standard InChI is InChI=1S/C19H18N2O5/c22-10-16-15(23)9-17(26-16)21-14(18(24)20-19(21)25)8-12-6-3-5-11-4-1-2-7-13(11)12/h1-8,15-17,22-23H,9-10H2,(H,20,24,25)/b14-8-/t15-,16+,17-/m0/s1. The van der Waals surface area contributed by atoms with E-state index in [4.69, 9.17) is 4.74 Å². The van der Waals surface area contributed by atoms with Gasteiger partial charge in [0.15, 0.2) is 0 Å². The van der Waals surface area contributed by atoms with Gasteiger partial charge in [0.2, 0.25) is 0 Å². The van der Waals surface area contributed by atoms with E-state index < -0.39 is 30.4 Å². The third-order valence-corrected chi connectivity index (χ3v) is 4.72. The molecule has 7 nitrogen and oxygen atoms in total. The summed E-state index contributed by atoms with van der Waals surface area (Å²) < 4.78 is 5.55. The van der Waals surface area contributed by atoms with Gasteiger partial charge in [0.05, 0.1) is 12.7 Å². The van der Waals surface area contributed by atoms with Crippen LogP contribution in [0.15, 0.2) is 48.2 Å². The lowest BCUT2D eigenvalue weighted by Gasteiger charge is -2.23. The van der Waals surface area contributed by atoms with Crippen LogP contribution in [0.1, 0.15) is 12.0 Å². The van der Waals surface area contributed by atoms with Gasteiger partial charge in [-0.3, -0.25) is 15.0 Å². The number of urea groups is 1. The van der Waals surface area contributed by atoms with Crippen molar-refractivity contribution in [3.05, 3.63) is 53.7 Å². The first-order valence-corrected chi connectivity index (χ1v) is 8.37. The maximum absolute atomic E-state index is 12.3. The molecule has 2 fully saturated rings. The number of nitrogens with one attached hydrogen (secondary N) is 1. The molecule has 0 aliphatic carbocycles. The highest BCUT2D eigenvalue weighted by Crippen LogP contribution is 2.30. The summed E-state index contributed by atoms with van der Waals surface area (Å²) in [6.45, 7) is -0.358. The van der Waals surface area contributed by atoms with Gasteiger partial charge in [-0.05, 0) is 22.4 Å². The summed E-state index contributed by atoms with van der Waals surface area (Å²) in [5.74, 6) is -0.520. The normalized spacial score (nSPS) is 27.5. The molecule has 0 saturated carbocycles. The van der Waals surface area contributed by atoms with E-state index in [1.165, 1.54) is 4.90 Å². The molecule has 0 bridgehead atoms. The van der Waals surface area contributed by atoms with E-state index >= 15 is 0 Å². The minimum Gasteiger partial charge on any atom is -0.394 e. The molecule has 2 aromatic carbocycles. The first kappa shape index (κ1) is 16.7. The first-order valence-electron chi connectivity index (χ1n) is 8.37. The highest BCUT2D eigenvalue weighted by atomic mass is 16.5. The fourth-order valence-electron chi connectivity index (χ4n) is 3.42. The Labute approximate surface area is 149 Å². The van der Waals surface area contributed by atoms with Crippen LogP contribution < -0.4 is 5.32 Å². The van der Waals surface area contributed by atoms with Gasteiger partial charge < -0.3 is 14.9 Å². The Kier molecular flexibility index (Phi) is 4.20. The molecule has 2 aromatic rings. The average molecular weight is 354 g/mol. The topological polar surface area (TPSA) is 99.1 Å². The molecular weight excluding hydrogens is 336 g/mol. The zero-order valence-electron chi connectivity index (χ0n) is 13.8. The lowest BCUT2D eigenvalue weighted by Crippen LogP contribution is -2.37. The third kappa shape index (κ3) is 2.76. The van der Waals surface area contributed by atoms with Crippen molar-refractivity contribution in [3.63, 3.8) is 0 Å². The van der Waals surface area contributed by atoms with Crippen LogP contribution in [0.25, 0.3) is 16.8 Å². The van der Waals surface area contributed by atoms with Crippen molar-refractivity contribution in [2.24, 2.45) is 0 Å². The molecule has 2 aliphatic rings. The molecule has 7 heteroatoms. The second-order valence-electron chi connectivity index (χ2n) is 6.34. The number of nitrogens with zero attached hydrogens (tertiary/aromatic N) is 1. The Morgan fingerprint density at radius 3 is 2.73 bits per heavy atom. The predicted octanol–water partition coefficient (Wildman–Crippen LogP) is 1.20. The van der Waals surface area contributed by atoms with E-state index in [0.29, 0.717) is 0 Å². The number of aliphatic hydroxyl groups is 2. The summed E-state index contributed by atoms with van der Waals surface area (Å²) in [5, 5.41) is 23.4. The maximum atomic E-state index is 12.3. The highest BCUT2D eigenvalue weighted by molar-refractivity contribution is 6.14. The second kappa shape index (κ2) is 6.53. The van der Waals surface area contributed by atoms with Gasteiger partial charge in [-0.25, -0.2) is 4.79 Å². The number of carbonyl (C=O) groups excluding carboxylic acids is 2. The summed E-state index contributed by atoms with van der Waals surface area (Å²) in [5.41, 5.74) is 0.951. The van der Waals surface area contributed by atoms with E-state index in [1.54, 1.807) is 6.08 Å². The molecule has 0 unspecified atom stereocenters. The summed E-state index contributed by atoms with van der Waals surface area (Å²) in [7, 11) is 0. The van der Waals surface area contributed by atoms with Crippen molar-refractivity contribution in [2.75, 3.05) is 6.61 Å². The molecule has 3 atom stereocenters. The number of amides is 3. The SMILES string of the molecule is O=C1NC(=O)N([C@@H]2C[C@H](O)[C@@H](CO)O2)/C1=C\c1cccc2ccccc12. The van der Waals surface area contributed by atoms with Crippen LogP contribution in [0.2, 0.25) is 0 Å². The Morgan fingerprint density at radius 1 is 1.19 bits per heavy atom. The van der Waals surface area contributed by atoms with Crippen molar-refractivity contribution in [1.82, 2.24) is 10.2 Å². The molecule has 26 heavy (non-hydrogen) atoms. The Morgan fingerprint density at radius 2 is 1.96 bits per heavy atom. The van der Waals surface area contributed by atoms with Gasteiger partial charge in [0.1, 0.15) is 18.0 Å². The lowest BCUT2D eigenvalue weighted by molar-refractivity contribution is -0.116. The van der Waals surface area contributed by atoms with Crippen LogP contribution in [-0.2, 0) is 9.53 Å². The van der Waals surface area contributed by atoms with Gasteiger partial charge in [-0.15, -0.1) is 0 Å². The molecule has 2 aliphatic heterocycles. The summed E-state index contributed by atoms with van der Waals surface area (Å²) in [4.78, 5) is 25.8. The van der Waals surface area contributed by atoms with Gasteiger partial charge in [-0.1, -0.05) is 42.5 Å². The van der Waals surface area contributed by atoms with Crippen LogP contribution in [0.5, 0.6) is 0 Å².